The van der Waals surface area contributed by atoms with E-state index in [9.17, 15) is 4.79 Å². The van der Waals surface area contributed by atoms with Crippen molar-refractivity contribution in [2.24, 2.45) is 5.73 Å². The molecule has 4 nitrogen and oxygen atoms in total. The molecule has 0 saturated carbocycles. The second-order valence-corrected chi connectivity index (χ2v) is 5.37. The molecule has 3 N–H and O–H groups in total. The molecular weight excluding hydrogens is 294 g/mol. The third-order valence-electron chi connectivity index (χ3n) is 3.26. The number of hydrogen-bond donors (Lipinski definition) is 2. The molecule has 18 heavy (non-hydrogen) atoms. The van der Waals surface area contributed by atoms with Gasteiger partial charge in [0.2, 0.25) is 5.91 Å². The van der Waals surface area contributed by atoms with Crippen LogP contribution in [0.3, 0.4) is 0 Å². The average Bonchev–Trinajstić information content (AvgIpc) is 2.35. The standard InChI is InChI=1S/C13H18BrN3O/c1-9-2-3-10(8-11(9)14)17-7-6-16-13(18)12(17)4-5-15/h2-3,8,12H,4-7,15H2,1H3,(H,16,18). The lowest BCUT2D eigenvalue weighted by atomic mass is 10.1. The molecule has 98 valence electrons. The van der Waals surface area contributed by atoms with Crippen LogP contribution in [0, 0.1) is 6.92 Å². The maximum absolute atomic E-state index is 11.9. The minimum atomic E-state index is -0.154. The van der Waals surface area contributed by atoms with E-state index in [2.05, 4.69) is 44.3 Å². The summed E-state index contributed by atoms with van der Waals surface area (Å²) in [5.74, 6) is 0.0726. The van der Waals surface area contributed by atoms with Crippen LogP contribution in [0.4, 0.5) is 5.69 Å². The molecule has 0 bridgehead atoms. The van der Waals surface area contributed by atoms with E-state index in [0.29, 0.717) is 19.5 Å². The zero-order valence-electron chi connectivity index (χ0n) is 10.4. The Morgan fingerprint density at radius 1 is 1.56 bits per heavy atom. The Hall–Kier alpha value is -1.07. The van der Waals surface area contributed by atoms with Gasteiger partial charge in [-0.1, -0.05) is 22.0 Å². The number of carbonyl (C=O) groups is 1. The number of aryl methyl sites for hydroxylation is 1. The number of rotatable bonds is 3. The largest absolute Gasteiger partial charge is 0.358 e. The van der Waals surface area contributed by atoms with Gasteiger partial charge >= 0.3 is 0 Å². The van der Waals surface area contributed by atoms with Gasteiger partial charge in [0.05, 0.1) is 0 Å². The average molecular weight is 312 g/mol. The Bertz CT molecular complexity index is 450. The molecular formula is C13H18BrN3O. The predicted octanol–water partition coefficient (Wildman–Crippen LogP) is 1.41. The molecule has 1 saturated heterocycles. The van der Waals surface area contributed by atoms with Gasteiger partial charge in [-0.2, -0.15) is 0 Å². The van der Waals surface area contributed by atoms with E-state index < -0.39 is 0 Å². The second-order valence-electron chi connectivity index (χ2n) is 4.51. The fraction of sp³-hybridized carbons (Fsp3) is 0.462. The number of hydrogen-bond acceptors (Lipinski definition) is 3. The van der Waals surface area contributed by atoms with Crippen LogP contribution in [-0.4, -0.2) is 31.6 Å². The van der Waals surface area contributed by atoms with Crippen molar-refractivity contribution in [1.29, 1.82) is 0 Å². The first kappa shape index (κ1) is 13.4. The highest BCUT2D eigenvalue weighted by atomic mass is 79.9. The van der Waals surface area contributed by atoms with Gasteiger partial charge in [-0.05, 0) is 37.6 Å². The second kappa shape index (κ2) is 5.71. The van der Waals surface area contributed by atoms with E-state index in [4.69, 9.17) is 5.73 Å². The topological polar surface area (TPSA) is 58.4 Å². The van der Waals surface area contributed by atoms with Crippen molar-refractivity contribution in [3.8, 4) is 0 Å². The highest BCUT2D eigenvalue weighted by molar-refractivity contribution is 9.10. The summed E-state index contributed by atoms with van der Waals surface area (Å²) in [6.45, 7) is 4.08. The number of carbonyl (C=O) groups excluding carboxylic acids is 1. The van der Waals surface area contributed by atoms with Crippen molar-refractivity contribution >= 4 is 27.5 Å². The summed E-state index contributed by atoms with van der Waals surface area (Å²) < 4.78 is 1.07. The molecule has 1 aliphatic heterocycles. The Morgan fingerprint density at radius 3 is 3.00 bits per heavy atom. The monoisotopic (exact) mass is 311 g/mol. The fourth-order valence-corrected chi connectivity index (χ4v) is 2.60. The Labute approximate surface area is 116 Å². The van der Waals surface area contributed by atoms with Gasteiger partial charge in [-0.3, -0.25) is 4.79 Å². The van der Waals surface area contributed by atoms with E-state index in [1.807, 2.05) is 6.92 Å². The zero-order chi connectivity index (χ0) is 13.1. The van der Waals surface area contributed by atoms with Crippen molar-refractivity contribution in [3.63, 3.8) is 0 Å². The van der Waals surface area contributed by atoms with Crippen LogP contribution in [0.5, 0.6) is 0 Å². The van der Waals surface area contributed by atoms with Crippen molar-refractivity contribution in [1.82, 2.24) is 5.32 Å². The summed E-state index contributed by atoms with van der Waals surface area (Å²) in [4.78, 5) is 14.0. The number of nitrogens with one attached hydrogen (secondary N) is 1. The highest BCUT2D eigenvalue weighted by Gasteiger charge is 2.29. The van der Waals surface area contributed by atoms with E-state index in [1.165, 1.54) is 5.56 Å². The summed E-state index contributed by atoms with van der Waals surface area (Å²) in [6, 6.07) is 6.03. The normalized spacial score (nSPS) is 19.8. The van der Waals surface area contributed by atoms with Gasteiger partial charge < -0.3 is 16.0 Å². The first-order chi connectivity index (χ1) is 8.63. The summed E-state index contributed by atoms with van der Waals surface area (Å²) in [7, 11) is 0. The van der Waals surface area contributed by atoms with Crippen LogP contribution in [0.1, 0.15) is 12.0 Å². The number of amides is 1. The molecule has 2 rings (SSSR count). The summed E-state index contributed by atoms with van der Waals surface area (Å²) >= 11 is 3.53. The summed E-state index contributed by atoms with van der Waals surface area (Å²) in [5, 5.41) is 2.89. The quantitative estimate of drug-likeness (QED) is 0.887. The number of benzene rings is 1. The Balaban J connectivity index is 2.28. The van der Waals surface area contributed by atoms with Crippen LogP contribution in [0.25, 0.3) is 0 Å². The highest BCUT2D eigenvalue weighted by Crippen LogP contribution is 2.26. The molecule has 1 aromatic carbocycles. The van der Waals surface area contributed by atoms with E-state index in [1.54, 1.807) is 0 Å². The lowest BCUT2D eigenvalue weighted by molar-refractivity contribution is -0.123. The molecule has 0 spiro atoms. The van der Waals surface area contributed by atoms with Gasteiger partial charge in [0, 0.05) is 23.2 Å². The van der Waals surface area contributed by atoms with E-state index in [0.717, 1.165) is 16.7 Å². The number of nitrogens with two attached hydrogens (primary N) is 1. The maximum Gasteiger partial charge on any atom is 0.242 e. The lowest BCUT2D eigenvalue weighted by Crippen LogP contribution is -2.56. The third-order valence-corrected chi connectivity index (χ3v) is 4.11. The van der Waals surface area contributed by atoms with Crippen LogP contribution in [0.15, 0.2) is 22.7 Å². The van der Waals surface area contributed by atoms with Crippen LogP contribution in [-0.2, 0) is 4.79 Å². The van der Waals surface area contributed by atoms with Crippen LogP contribution < -0.4 is 16.0 Å². The first-order valence-corrected chi connectivity index (χ1v) is 6.93. The number of anilines is 1. The zero-order valence-corrected chi connectivity index (χ0v) is 12.0. The molecule has 5 heteroatoms. The number of nitrogens with zero attached hydrogens (tertiary/aromatic N) is 1. The maximum atomic E-state index is 11.9. The van der Waals surface area contributed by atoms with Gasteiger partial charge in [-0.25, -0.2) is 0 Å². The van der Waals surface area contributed by atoms with Crippen molar-refractivity contribution in [2.45, 2.75) is 19.4 Å². The predicted molar refractivity (Wildman–Crippen MR) is 76.7 cm³/mol. The van der Waals surface area contributed by atoms with E-state index >= 15 is 0 Å². The van der Waals surface area contributed by atoms with Crippen molar-refractivity contribution in [3.05, 3.63) is 28.2 Å². The molecule has 1 unspecified atom stereocenters. The molecule has 1 aliphatic rings. The molecule has 1 atom stereocenters. The molecule has 0 radical (unpaired) electrons. The SMILES string of the molecule is Cc1ccc(N2CCNC(=O)C2CCN)cc1Br. The molecule has 1 heterocycles. The smallest absolute Gasteiger partial charge is 0.242 e. The van der Waals surface area contributed by atoms with Crippen LogP contribution in [0.2, 0.25) is 0 Å². The fourth-order valence-electron chi connectivity index (χ4n) is 2.23. The lowest BCUT2D eigenvalue weighted by Gasteiger charge is -2.36. The molecule has 0 aliphatic carbocycles. The van der Waals surface area contributed by atoms with Gasteiger partial charge in [0.25, 0.3) is 0 Å². The molecule has 1 fully saturated rings. The first-order valence-electron chi connectivity index (χ1n) is 6.14. The minimum Gasteiger partial charge on any atom is -0.358 e. The van der Waals surface area contributed by atoms with Gasteiger partial charge in [0.1, 0.15) is 6.04 Å². The summed E-state index contributed by atoms with van der Waals surface area (Å²) in [5.41, 5.74) is 7.86. The van der Waals surface area contributed by atoms with Crippen molar-refractivity contribution < 1.29 is 4.79 Å². The number of piperazine rings is 1. The van der Waals surface area contributed by atoms with E-state index in [-0.39, 0.29) is 11.9 Å². The minimum absolute atomic E-state index is 0.0726. The molecule has 1 amide bonds. The van der Waals surface area contributed by atoms with Gasteiger partial charge in [0.15, 0.2) is 0 Å². The van der Waals surface area contributed by atoms with Crippen molar-refractivity contribution in [2.75, 3.05) is 24.5 Å². The van der Waals surface area contributed by atoms with Gasteiger partial charge in [-0.15, -0.1) is 0 Å². The Morgan fingerprint density at radius 2 is 2.33 bits per heavy atom. The Kier molecular flexibility index (Phi) is 4.24. The molecule has 1 aromatic rings. The third kappa shape index (κ3) is 2.67. The molecule has 0 aromatic heterocycles. The number of halogens is 1. The van der Waals surface area contributed by atoms with Crippen LogP contribution >= 0.6 is 15.9 Å². The summed E-state index contributed by atoms with van der Waals surface area (Å²) in [6.07, 6.45) is 0.678.